The minimum atomic E-state index is -0.901. The van der Waals surface area contributed by atoms with E-state index in [2.05, 4.69) is 13.8 Å². The second-order valence-corrected chi connectivity index (χ2v) is 6.55. The number of rotatable bonds is 6. The van der Waals surface area contributed by atoms with Gasteiger partial charge in [-0.25, -0.2) is 0 Å². The molecule has 4 nitrogen and oxygen atoms in total. The zero-order valence-corrected chi connectivity index (χ0v) is 12.9. The molecule has 0 aliphatic rings. The lowest BCUT2D eigenvalue weighted by Crippen LogP contribution is -2.62. The van der Waals surface area contributed by atoms with E-state index in [4.69, 9.17) is 5.73 Å². The van der Waals surface area contributed by atoms with Crippen LogP contribution in [-0.4, -0.2) is 40.6 Å². The number of amides is 1. The Hall–Kier alpha value is -0.610. The van der Waals surface area contributed by atoms with Gasteiger partial charge in [0, 0.05) is 7.05 Å². The lowest BCUT2D eigenvalue weighted by molar-refractivity contribution is -0.144. The first kappa shape index (κ1) is 17.4. The van der Waals surface area contributed by atoms with Gasteiger partial charge < -0.3 is 15.7 Å². The molecule has 0 aromatic carbocycles. The molecule has 0 spiro atoms. The van der Waals surface area contributed by atoms with Crippen LogP contribution in [-0.2, 0) is 4.79 Å². The topological polar surface area (TPSA) is 66.6 Å². The van der Waals surface area contributed by atoms with Crippen LogP contribution in [0.1, 0.15) is 48.0 Å². The van der Waals surface area contributed by atoms with Crippen LogP contribution in [0.25, 0.3) is 0 Å². The van der Waals surface area contributed by atoms with Crippen LogP contribution in [0.3, 0.4) is 0 Å². The molecule has 4 heteroatoms. The van der Waals surface area contributed by atoms with Gasteiger partial charge in [0.15, 0.2) is 0 Å². The van der Waals surface area contributed by atoms with E-state index in [9.17, 15) is 9.90 Å². The summed E-state index contributed by atoms with van der Waals surface area (Å²) in [6.07, 6.45) is 0.750. The number of nitrogens with two attached hydrogens (primary N) is 1. The number of likely N-dealkylation sites (N-methyl/N-ethyl adjacent to an activating group) is 1. The largest absolute Gasteiger partial charge is 0.394 e. The summed E-state index contributed by atoms with van der Waals surface area (Å²) in [6, 6.07) is 0. The van der Waals surface area contributed by atoms with Crippen LogP contribution >= 0.6 is 0 Å². The van der Waals surface area contributed by atoms with Gasteiger partial charge in [0.2, 0.25) is 5.91 Å². The normalized spacial score (nSPS) is 18.6. The SMILES string of the molecule is CC(C)C[C@@](C)(CO)N(C)C(=O)[C@@](C)(N)C(C)C. The summed E-state index contributed by atoms with van der Waals surface area (Å²) in [6.45, 7) is 11.6. The van der Waals surface area contributed by atoms with Gasteiger partial charge in [-0.15, -0.1) is 0 Å². The summed E-state index contributed by atoms with van der Waals surface area (Å²) in [5, 5.41) is 9.62. The molecule has 0 aliphatic carbocycles. The zero-order chi connectivity index (χ0) is 14.7. The van der Waals surface area contributed by atoms with Crippen LogP contribution in [0.15, 0.2) is 0 Å². The molecule has 0 unspecified atom stereocenters. The number of nitrogens with zero attached hydrogens (tertiary/aromatic N) is 1. The van der Waals surface area contributed by atoms with Gasteiger partial charge in [0.25, 0.3) is 0 Å². The first-order valence-corrected chi connectivity index (χ1v) is 6.67. The van der Waals surface area contributed by atoms with Crippen molar-refractivity contribution in [2.75, 3.05) is 13.7 Å². The Bertz CT molecular complexity index is 288. The third-order valence-electron chi connectivity index (χ3n) is 3.96. The minimum absolute atomic E-state index is 0.0504. The van der Waals surface area contributed by atoms with E-state index in [1.807, 2.05) is 20.8 Å². The molecule has 0 aromatic rings. The fraction of sp³-hybridized carbons (Fsp3) is 0.929. The summed E-state index contributed by atoms with van der Waals surface area (Å²) < 4.78 is 0. The predicted octanol–water partition coefficient (Wildman–Crippen LogP) is 1.62. The van der Waals surface area contributed by atoms with E-state index in [1.165, 1.54) is 0 Å². The van der Waals surface area contributed by atoms with Crippen molar-refractivity contribution in [3.05, 3.63) is 0 Å². The van der Waals surface area contributed by atoms with Crippen molar-refractivity contribution < 1.29 is 9.90 Å². The molecular formula is C14H30N2O2. The average Bonchev–Trinajstić information content (AvgIpc) is 2.25. The number of carbonyl (C=O) groups excluding carboxylic acids is 1. The van der Waals surface area contributed by atoms with Crippen LogP contribution in [0.4, 0.5) is 0 Å². The summed E-state index contributed by atoms with van der Waals surface area (Å²) in [7, 11) is 1.73. The van der Waals surface area contributed by atoms with E-state index >= 15 is 0 Å². The Balaban J connectivity index is 5.12. The number of hydrogen-bond acceptors (Lipinski definition) is 3. The lowest BCUT2D eigenvalue weighted by atomic mass is 9.84. The van der Waals surface area contributed by atoms with E-state index in [1.54, 1.807) is 18.9 Å². The lowest BCUT2D eigenvalue weighted by Gasteiger charge is -2.43. The van der Waals surface area contributed by atoms with Gasteiger partial charge in [0.1, 0.15) is 0 Å². The van der Waals surface area contributed by atoms with Gasteiger partial charge in [-0.1, -0.05) is 27.7 Å². The Morgan fingerprint density at radius 3 is 2.00 bits per heavy atom. The van der Waals surface area contributed by atoms with E-state index in [0.717, 1.165) is 6.42 Å². The summed E-state index contributed by atoms with van der Waals surface area (Å²) in [4.78, 5) is 14.1. The van der Waals surface area contributed by atoms with E-state index in [0.29, 0.717) is 5.92 Å². The van der Waals surface area contributed by atoms with Gasteiger partial charge >= 0.3 is 0 Å². The first-order valence-electron chi connectivity index (χ1n) is 6.67. The van der Waals surface area contributed by atoms with Crippen LogP contribution in [0.2, 0.25) is 0 Å². The minimum Gasteiger partial charge on any atom is -0.394 e. The molecule has 0 bridgehead atoms. The monoisotopic (exact) mass is 258 g/mol. The number of carbonyl (C=O) groups is 1. The Kier molecular flexibility index (Phi) is 5.82. The van der Waals surface area contributed by atoms with Gasteiger partial charge in [0.05, 0.1) is 17.7 Å². The Labute approximate surface area is 112 Å². The smallest absolute Gasteiger partial charge is 0.242 e. The maximum absolute atomic E-state index is 12.5. The van der Waals surface area contributed by atoms with Crippen molar-refractivity contribution in [3.8, 4) is 0 Å². The van der Waals surface area contributed by atoms with E-state index in [-0.39, 0.29) is 18.4 Å². The standard InChI is InChI=1S/C14H30N2O2/c1-10(2)8-13(5,9-17)16(7)12(18)14(6,15)11(3)4/h10-11,17H,8-9,15H2,1-7H3/t13-,14-/m0/s1. The van der Waals surface area contributed by atoms with Gasteiger partial charge in [-0.3, -0.25) is 4.79 Å². The zero-order valence-electron chi connectivity index (χ0n) is 12.9. The second-order valence-electron chi connectivity index (χ2n) is 6.55. The van der Waals surface area contributed by atoms with Crippen LogP contribution < -0.4 is 5.73 Å². The van der Waals surface area contributed by atoms with Crippen molar-refractivity contribution in [3.63, 3.8) is 0 Å². The highest BCUT2D eigenvalue weighted by atomic mass is 16.3. The third-order valence-corrected chi connectivity index (χ3v) is 3.96. The van der Waals surface area contributed by atoms with Gasteiger partial charge in [-0.05, 0) is 32.1 Å². The average molecular weight is 258 g/mol. The summed E-state index contributed by atoms with van der Waals surface area (Å²) >= 11 is 0. The molecule has 0 radical (unpaired) electrons. The molecule has 0 saturated carbocycles. The highest BCUT2D eigenvalue weighted by molar-refractivity contribution is 5.86. The molecule has 18 heavy (non-hydrogen) atoms. The Morgan fingerprint density at radius 1 is 1.28 bits per heavy atom. The molecule has 0 aliphatic heterocycles. The fourth-order valence-corrected chi connectivity index (χ4v) is 2.04. The quantitative estimate of drug-likeness (QED) is 0.760. The van der Waals surface area contributed by atoms with Crippen LogP contribution in [0, 0.1) is 11.8 Å². The molecule has 1 amide bonds. The van der Waals surface area contributed by atoms with Crippen molar-refractivity contribution in [2.24, 2.45) is 17.6 Å². The van der Waals surface area contributed by atoms with Crippen molar-refractivity contribution >= 4 is 5.91 Å². The van der Waals surface area contributed by atoms with Crippen molar-refractivity contribution in [1.82, 2.24) is 4.90 Å². The highest BCUT2D eigenvalue weighted by Crippen LogP contribution is 2.26. The number of aliphatic hydroxyl groups excluding tert-OH is 1. The maximum atomic E-state index is 12.5. The summed E-state index contributed by atoms with van der Waals surface area (Å²) in [5.41, 5.74) is 4.66. The molecule has 3 N–H and O–H groups in total. The van der Waals surface area contributed by atoms with E-state index < -0.39 is 11.1 Å². The highest BCUT2D eigenvalue weighted by Gasteiger charge is 2.41. The fourth-order valence-electron chi connectivity index (χ4n) is 2.04. The van der Waals surface area contributed by atoms with Crippen molar-refractivity contribution in [2.45, 2.75) is 59.0 Å². The molecule has 2 atom stereocenters. The Morgan fingerprint density at radius 2 is 1.72 bits per heavy atom. The van der Waals surface area contributed by atoms with Crippen molar-refractivity contribution in [1.29, 1.82) is 0 Å². The van der Waals surface area contributed by atoms with Crippen LogP contribution in [0.5, 0.6) is 0 Å². The number of hydrogen-bond donors (Lipinski definition) is 2. The summed E-state index contributed by atoms with van der Waals surface area (Å²) in [5.74, 6) is 0.338. The molecule has 0 rings (SSSR count). The molecule has 0 fully saturated rings. The molecule has 0 heterocycles. The molecular weight excluding hydrogens is 228 g/mol. The first-order chi connectivity index (χ1) is 7.99. The number of aliphatic hydroxyl groups is 1. The predicted molar refractivity (Wildman–Crippen MR) is 75.1 cm³/mol. The second kappa shape index (κ2) is 6.02. The molecule has 0 saturated heterocycles. The molecule has 108 valence electrons. The molecule has 0 aromatic heterocycles. The van der Waals surface area contributed by atoms with Gasteiger partial charge in [-0.2, -0.15) is 0 Å². The third kappa shape index (κ3) is 3.69. The maximum Gasteiger partial charge on any atom is 0.242 e.